The van der Waals surface area contributed by atoms with Crippen LogP contribution in [0, 0.1) is 6.92 Å². The molecule has 1 fully saturated rings. The lowest BCUT2D eigenvalue weighted by Crippen LogP contribution is -2.17. The van der Waals surface area contributed by atoms with Crippen LogP contribution in [0.2, 0.25) is 0 Å². The Morgan fingerprint density at radius 1 is 1.15 bits per heavy atom. The summed E-state index contributed by atoms with van der Waals surface area (Å²) in [4.78, 5) is 4.60. The number of hydrogen-bond acceptors (Lipinski definition) is 3. The summed E-state index contributed by atoms with van der Waals surface area (Å²) < 4.78 is 5.93. The predicted molar refractivity (Wildman–Crippen MR) is 79.6 cm³/mol. The van der Waals surface area contributed by atoms with Crippen LogP contribution in [0.1, 0.15) is 29.8 Å². The molecule has 0 unspecified atom stereocenters. The van der Waals surface area contributed by atoms with E-state index in [1.165, 1.54) is 18.4 Å². The van der Waals surface area contributed by atoms with Crippen LogP contribution in [-0.4, -0.2) is 11.0 Å². The van der Waals surface area contributed by atoms with Crippen molar-refractivity contribution in [3.63, 3.8) is 0 Å². The van der Waals surface area contributed by atoms with Gasteiger partial charge >= 0.3 is 0 Å². The number of hydrogen-bond donors (Lipinski definition) is 1. The molecule has 1 aliphatic rings. The first-order chi connectivity index (χ1) is 9.81. The first-order valence-corrected chi connectivity index (χ1v) is 7.18. The summed E-state index contributed by atoms with van der Waals surface area (Å²) in [6, 6.07) is 14.9. The van der Waals surface area contributed by atoms with Crippen LogP contribution in [0.5, 0.6) is 5.75 Å². The fourth-order valence-electron chi connectivity index (χ4n) is 2.12. The van der Waals surface area contributed by atoms with Gasteiger partial charge in [-0.15, -0.1) is 0 Å². The molecule has 0 amide bonds. The molecule has 104 valence electrons. The van der Waals surface area contributed by atoms with E-state index in [-0.39, 0.29) is 0 Å². The van der Waals surface area contributed by atoms with E-state index in [9.17, 15) is 0 Å². The zero-order valence-corrected chi connectivity index (χ0v) is 11.8. The average molecular weight is 268 g/mol. The molecule has 0 radical (unpaired) electrons. The van der Waals surface area contributed by atoms with Gasteiger partial charge in [-0.05, 0) is 37.5 Å². The quantitative estimate of drug-likeness (QED) is 0.873. The molecule has 0 aliphatic heterocycles. The Hall–Kier alpha value is -1.87. The van der Waals surface area contributed by atoms with Gasteiger partial charge in [-0.1, -0.05) is 30.3 Å². The van der Waals surface area contributed by atoms with Crippen molar-refractivity contribution in [1.29, 1.82) is 0 Å². The fraction of sp³-hybridized carbons (Fsp3) is 0.353. The van der Waals surface area contributed by atoms with E-state index < -0.39 is 0 Å². The molecule has 3 nitrogen and oxygen atoms in total. The highest BCUT2D eigenvalue weighted by Gasteiger charge is 2.21. The number of nitrogens with one attached hydrogen (secondary N) is 1. The summed E-state index contributed by atoms with van der Waals surface area (Å²) >= 11 is 0. The van der Waals surface area contributed by atoms with Crippen LogP contribution in [0.4, 0.5) is 0 Å². The first-order valence-electron chi connectivity index (χ1n) is 7.18. The highest BCUT2D eigenvalue weighted by molar-refractivity contribution is 5.30. The molecule has 0 bridgehead atoms. The van der Waals surface area contributed by atoms with Crippen molar-refractivity contribution >= 4 is 0 Å². The maximum absolute atomic E-state index is 5.93. The molecule has 3 heteroatoms. The van der Waals surface area contributed by atoms with Crippen LogP contribution in [0.25, 0.3) is 0 Å². The number of ether oxygens (including phenoxy) is 1. The summed E-state index contributed by atoms with van der Waals surface area (Å²) in [7, 11) is 0. The normalized spacial score (nSPS) is 14.2. The molecule has 20 heavy (non-hydrogen) atoms. The van der Waals surface area contributed by atoms with Crippen LogP contribution in [0.15, 0.2) is 42.5 Å². The third kappa shape index (κ3) is 3.58. The zero-order valence-electron chi connectivity index (χ0n) is 11.8. The van der Waals surface area contributed by atoms with Gasteiger partial charge in [-0.3, -0.25) is 4.98 Å². The molecule has 1 N–H and O–H groups in total. The molecule has 0 spiro atoms. The Morgan fingerprint density at radius 2 is 1.95 bits per heavy atom. The summed E-state index contributed by atoms with van der Waals surface area (Å²) in [5.74, 6) is 0.882. The first kappa shape index (κ1) is 13.1. The molecule has 3 rings (SSSR count). The van der Waals surface area contributed by atoms with Crippen LogP contribution in [-0.2, 0) is 13.2 Å². The summed E-state index contributed by atoms with van der Waals surface area (Å²) in [6.07, 6.45) is 2.57. The number of rotatable bonds is 6. The Labute approximate surface area is 120 Å². The van der Waals surface area contributed by atoms with E-state index in [4.69, 9.17) is 4.74 Å². The molecule has 1 aliphatic carbocycles. The molecule has 1 aromatic heterocycles. The van der Waals surface area contributed by atoms with Crippen molar-refractivity contribution in [2.75, 3.05) is 0 Å². The second-order valence-corrected chi connectivity index (χ2v) is 5.33. The average Bonchev–Trinajstić information content (AvgIpc) is 3.29. The summed E-state index contributed by atoms with van der Waals surface area (Å²) in [5, 5.41) is 3.50. The van der Waals surface area contributed by atoms with E-state index in [0.717, 1.165) is 23.7 Å². The van der Waals surface area contributed by atoms with Crippen molar-refractivity contribution in [3.05, 3.63) is 59.4 Å². The van der Waals surface area contributed by atoms with Gasteiger partial charge in [0, 0.05) is 18.3 Å². The van der Waals surface area contributed by atoms with Gasteiger partial charge < -0.3 is 10.1 Å². The zero-order chi connectivity index (χ0) is 13.8. The monoisotopic (exact) mass is 268 g/mol. The lowest BCUT2D eigenvalue weighted by molar-refractivity contribution is 0.300. The molecular weight excluding hydrogens is 248 g/mol. The fourth-order valence-corrected chi connectivity index (χ4v) is 2.12. The molecule has 0 atom stereocenters. The van der Waals surface area contributed by atoms with E-state index in [1.54, 1.807) is 0 Å². The predicted octanol–water partition coefficient (Wildman–Crippen LogP) is 3.22. The minimum atomic E-state index is 0.585. The van der Waals surface area contributed by atoms with Gasteiger partial charge in [0.05, 0.1) is 5.69 Å². The third-order valence-corrected chi connectivity index (χ3v) is 3.44. The lowest BCUT2D eigenvalue weighted by atomic mass is 10.2. The lowest BCUT2D eigenvalue weighted by Gasteiger charge is -2.12. The van der Waals surface area contributed by atoms with Crippen LogP contribution < -0.4 is 10.1 Å². The molecule has 1 saturated carbocycles. The van der Waals surface area contributed by atoms with Gasteiger partial charge in [0.1, 0.15) is 12.4 Å². The summed E-state index contributed by atoms with van der Waals surface area (Å²) in [5.41, 5.74) is 3.21. The van der Waals surface area contributed by atoms with E-state index in [2.05, 4.69) is 22.4 Å². The second-order valence-electron chi connectivity index (χ2n) is 5.33. The largest absolute Gasteiger partial charge is 0.487 e. The van der Waals surface area contributed by atoms with Gasteiger partial charge in [-0.25, -0.2) is 0 Å². The Kier molecular flexibility index (Phi) is 3.97. The van der Waals surface area contributed by atoms with E-state index >= 15 is 0 Å². The summed E-state index contributed by atoms with van der Waals surface area (Å²) in [6.45, 7) is 3.39. The smallest absolute Gasteiger partial charge is 0.142 e. The molecule has 2 aromatic rings. The van der Waals surface area contributed by atoms with Gasteiger partial charge in [-0.2, -0.15) is 0 Å². The minimum absolute atomic E-state index is 0.585. The number of pyridine rings is 1. The van der Waals surface area contributed by atoms with Crippen LogP contribution in [0.3, 0.4) is 0 Å². The maximum Gasteiger partial charge on any atom is 0.142 e. The van der Waals surface area contributed by atoms with Crippen molar-refractivity contribution in [2.45, 2.75) is 39.0 Å². The minimum Gasteiger partial charge on any atom is -0.487 e. The van der Waals surface area contributed by atoms with Crippen molar-refractivity contribution in [2.24, 2.45) is 0 Å². The van der Waals surface area contributed by atoms with Gasteiger partial charge in [0.25, 0.3) is 0 Å². The van der Waals surface area contributed by atoms with Crippen molar-refractivity contribution in [3.8, 4) is 5.75 Å². The molecule has 0 saturated heterocycles. The van der Waals surface area contributed by atoms with E-state index in [1.807, 2.05) is 37.3 Å². The van der Waals surface area contributed by atoms with Crippen LogP contribution >= 0.6 is 0 Å². The number of nitrogens with zero attached hydrogens (tertiary/aromatic N) is 1. The Balaban J connectivity index is 1.67. The Bertz CT molecular complexity index is 564. The van der Waals surface area contributed by atoms with Crippen molar-refractivity contribution < 1.29 is 4.74 Å². The van der Waals surface area contributed by atoms with Crippen molar-refractivity contribution in [1.82, 2.24) is 10.3 Å². The van der Waals surface area contributed by atoms with Gasteiger partial charge in [0.15, 0.2) is 0 Å². The van der Waals surface area contributed by atoms with Gasteiger partial charge in [0.2, 0.25) is 0 Å². The number of aromatic nitrogens is 1. The SMILES string of the molecule is Cc1ccc(OCc2ccccc2)c(CNC2CC2)n1. The maximum atomic E-state index is 5.93. The topological polar surface area (TPSA) is 34.1 Å². The number of aryl methyl sites for hydroxylation is 1. The third-order valence-electron chi connectivity index (χ3n) is 3.44. The standard InChI is InChI=1S/C17H20N2O/c1-13-7-10-17(16(19-13)11-18-15-8-9-15)20-12-14-5-3-2-4-6-14/h2-7,10,15,18H,8-9,11-12H2,1H3. The van der Waals surface area contributed by atoms with E-state index in [0.29, 0.717) is 12.6 Å². The molecular formula is C17H20N2O. The molecule has 1 heterocycles. The Morgan fingerprint density at radius 3 is 2.70 bits per heavy atom. The molecule has 1 aromatic carbocycles. The second kappa shape index (κ2) is 6.06. The highest BCUT2D eigenvalue weighted by Crippen LogP contribution is 2.22. The highest BCUT2D eigenvalue weighted by atomic mass is 16.5. The number of benzene rings is 1.